The van der Waals surface area contributed by atoms with E-state index >= 15 is 0 Å². The third-order valence-electron chi connectivity index (χ3n) is 3.78. The summed E-state index contributed by atoms with van der Waals surface area (Å²) in [5.74, 6) is -0.972. The van der Waals surface area contributed by atoms with Gasteiger partial charge in [0.25, 0.3) is 5.56 Å². The number of hydrogen-bond donors (Lipinski definition) is 0. The molecular formula is C19H17FN2O3. The molecule has 25 heavy (non-hydrogen) atoms. The monoisotopic (exact) mass is 340 g/mol. The Labute approximate surface area is 143 Å². The third-order valence-corrected chi connectivity index (χ3v) is 3.78. The lowest BCUT2D eigenvalue weighted by molar-refractivity contribution is 0.0465. The summed E-state index contributed by atoms with van der Waals surface area (Å²) in [5.41, 5.74) is 0.541. The number of hydrogen-bond acceptors (Lipinski definition) is 4. The number of aromatic nitrogens is 2. The van der Waals surface area contributed by atoms with Gasteiger partial charge in [-0.1, -0.05) is 37.3 Å². The van der Waals surface area contributed by atoms with Crippen LogP contribution in [0.3, 0.4) is 0 Å². The number of aryl methyl sites for hydroxylation is 1. The molecule has 0 saturated heterocycles. The quantitative estimate of drug-likeness (QED) is 0.669. The van der Waals surface area contributed by atoms with Crippen molar-refractivity contribution in [2.75, 3.05) is 0 Å². The van der Waals surface area contributed by atoms with Crippen LogP contribution < -0.4 is 5.56 Å². The largest absolute Gasteiger partial charge is 0.456 e. The zero-order valence-electron chi connectivity index (χ0n) is 13.7. The van der Waals surface area contributed by atoms with Crippen molar-refractivity contribution in [2.24, 2.45) is 0 Å². The minimum Gasteiger partial charge on any atom is -0.456 e. The predicted molar refractivity (Wildman–Crippen MR) is 91.8 cm³/mol. The van der Waals surface area contributed by atoms with Crippen LogP contribution in [0.2, 0.25) is 0 Å². The molecule has 0 bridgehead atoms. The second-order valence-corrected chi connectivity index (χ2v) is 5.63. The molecule has 0 N–H and O–H groups in total. The summed E-state index contributed by atoms with van der Waals surface area (Å²) >= 11 is 0. The highest BCUT2D eigenvalue weighted by Gasteiger charge is 2.17. The van der Waals surface area contributed by atoms with Crippen LogP contribution in [0.1, 0.15) is 29.4 Å². The molecule has 0 aliphatic rings. The fraction of sp³-hybridized carbons (Fsp3) is 0.211. The summed E-state index contributed by atoms with van der Waals surface area (Å²) < 4.78 is 19.5. The van der Waals surface area contributed by atoms with E-state index in [0.717, 1.165) is 6.42 Å². The maximum atomic E-state index is 12.9. The van der Waals surface area contributed by atoms with Gasteiger partial charge in [-0.05, 0) is 30.2 Å². The van der Waals surface area contributed by atoms with Gasteiger partial charge in [-0.2, -0.15) is 5.10 Å². The van der Waals surface area contributed by atoms with E-state index in [1.165, 1.54) is 16.8 Å². The van der Waals surface area contributed by atoms with Crippen LogP contribution in [-0.4, -0.2) is 15.7 Å². The SMILES string of the molecule is CCCn1nc(C(=O)OCc2ccc(F)cc2)c2ccccc2c1=O. The molecular weight excluding hydrogens is 323 g/mol. The van der Waals surface area contributed by atoms with Crippen LogP contribution in [0, 0.1) is 5.82 Å². The van der Waals surface area contributed by atoms with Crippen molar-refractivity contribution < 1.29 is 13.9 Å². The van der Waals surface area contributed by atoms with E-state index in [9.17, 15) is 14.0 Å². The number of carbonyl (C=O) groups is 1. The minimum atomic E-state index is -0.620. The first kappa shape index (κ1) is 16.8. The van der Waals surface area contributed by atoms with Gasteiger partial charge in [-0.3, -0.25) is 4.79 Å². The Hall–Kier alpha value is -3.02. The lowest BCUT2D eigenvalue weighted by atomic mass is 10.1. The molecule has 0 fully saturated rings. The van der Waals surface area contributed by atoms with Crippen molar-refractivity contribution in [2.45, 2.75) is 26.5 Å². The third kappa shape index (κ3) is 3.57. The average Bonchev–Trinajstić information content (AvgIpc) is 2.63. The Morgan fingerprint density at radius 2 is 1.80 bits per heavy atom. The Morgan fingerprint density at radius 3 is 2.48 bits per heavy atom. The van der Waals surface area contributed by atoms with Crippen LogP contribution in [0.15, 0.2) is 53.3 Å². The Bertz CT molecular complexity index is 965. The molecule has 3 aromatic rings. The lowest BCUT2D eigenvalue weighted by Gasteiger charge is -2.10. The van der Waals surface area contributed by atoms with E-state index in [1.54, 1.807) is 36.4 Å². The minimum absolute atomic E-state index is 0.00201. The summed E-state index contributed by atoms with van der Waals surface area (Å²) in [6, 6.07) is 12.5. The number of fused-ring (bicyclic) bond motifs is 1. The summed E-state index contributed by atoms with van der Waals surface area (Å²) in [7, 11) is 0. The van der Waals surface area contributed by atoms with Crippen molar-refractivity contribution in [1.82, 2.24) is 9.78 Å². The smallest absolute Gasteiger partial charge is 0.359 e. The van der Waals surface area contributed by atoms with Gasteiger partial charge >= 0.3 is 5.97 Å². The van der Waals surface area contributed by atoms with Gasteiger partial charge in [-0.25, -0.2) is 13.9 Å². The molecule has 1 heterocycles. The van der Waals surface area contributed by atoms with E-state index < -0.39 is 5.97 Å². The second kappa shape index (κ2) is 7.25. The van der Waals surface area contributed by atoms with Crippen LogP contribution >= 0.6 is 0 Å². The van der Waals surface area contributed by atoms with Gasteiger partial charge in [0.2, 0.25) is 0 Å². The van der Waals surface area contributed by atoms with Gasteiger partial charge < -0.3 is 4.74 Å². The molecule has 3 rings (SSSR count). The highest BCUT2D eigenvalue weighted by atomic mass is 19.1. The highest BCUT2D eigenvalue weighted by molar-refractivity contribution is 6.02. The number of ether oxygens (including phenoxy) is 1. The van der Waals surface area contributed by atoms with Gasteiger partial charge in [-0.15, -0.1) is 0 Å². The molecule has 2 aromatic carbocycles. The van der Waals surface area contributed by atoms with Crippen molar-refractivity contribution in [3.8, 4) is 0 Å². The van der Waals surface area contributed by atoms with Crippen molar-refractivity contribution >= 4 is 16.7 Å². The van der Waals surface area contributed by atoms with E-state index in [-0.39, 0.29) is 23.7 Å². The highest BCUT2D eigenvalue weighted by Crippen LogP contribution is 2.15. The molecule has 0 saturated carbocycles. The molecule has 0 aliphatic heterocycles. The molecule has 1 aromatic heterocycles. The first-order valence-corrected chi connectivity index (χ1v) is 8.01. The average molecular weight is 340 g/mol. The second-order valence-electron chi connectivity index (χ2n) is 5.63. The van der Waals surface area contributed by atoms with Gasteiger partial charge in [0.05, 0.1) is 5.39 Å². The fourth-order valence-corrected chi connectivity index (χ4v) is 2.55. The number of benzene rings is 2. The van der Waals surface area contributed by atoms with Gasteiger partial charge in [0.1, 0.15) is 12.4 Å². The number of rotatable bonds is 5. The van der Waals surface area contributed by atoms with Gasteiger partial charge in [0, 0.05) is 11.9 Å². The summed E-state index contributed by atoms with van der Waals surface area (Å²) in [6.45, 7) is 2.35. The molecule has 0 unspecified atom stereocenters. The lowest BCUT2D eigenvalue weighted by Crippen LogP contribution is -2.26. The molecule has 128 valence electrons. The van der Waals surface area contributed by atoms with Crippen LogP contribution in [0.5, 0.6) is 0 Å². The van der Waals surface area contributed by atoms with Crippen molar-refractivity contribution in [1.29, 1.82) is 0 Å². The Balaban J connectivity index is 1.93. The summed E-state index contributed by atoms with van der Waals surface area (Å²) in [5, 5.41) is 5.08. The van der Waals surface area contributed by atoms with E-state index in [2.05, 4.69) is 5.10 Å². The Morgan fingerprint density at radius 1 is 1.12 bits per heavy atom. The fourth-order valence-electron chi connectivity index (χ4n) is 2.55. The number of halogens is 1. The number of carbonyl (C=O) groups excluding carboxylic acids is 1. The van der Waals surface area contributed by atoms with Crippen LogP contribution in [-0.2, 0) is 17.9 Å². The van der Waals surface area contributed by atoms with E-state index in [4.69, 9.17) is 4.74 Å². The van der Waals surface area contributed by atoms with Crippen LogP contribution in [0.25, 0.3) is 10.8 Å². The maximum Gasteiger partial charge on any atom is 0.359 e. The number of nitrogens with zero attached hydrogens (tertiary/aromatic N) is 2. The standard InChI is InChI=1S/C19H17FN2O3/c1-2-11-22-18(23)16-6-4-3-5-15(16)17(21-22)19(24)25-12-13-7-9-14(20)10-8-13/h3-10H,2,11-12H2,1H3. The molecule has 0 atom stereocenters. The normalized spacial score (nSPS) is 10.8. The van der Waals surface area contributed by atoms with Crippen molar-refractivity contribution in [3.05, 3.63) is 76.0 Å². The van der Waals surface area contributed by atoms with Crippen molar-refractivity contribution in [3.63, 3.8) is 0 Å². The number of esters is 1. The van der Waals surface area contributed by atoms with Gasteiger partial charge in [0.15, 0.2) is 5.69 Å². The van der Waals surface area contributed by atoms with E-state index in [1.807, 2.05) is 6.92 Å². The first-order chi connectivity index (χ1) is 12.1. The zero-order chi connectivity index (χ0) is 17.8. The Kier molecular flexibility index (Phi) is 4.88. The molecule has 5 nitrogen and oxygen atoms in total. The first-order valence-electron chi connectivity index (χ1n) is 8.01. The molecule has 0 radical (unpaired) electrons. The summed E-state index contributed by atoms with van der Waals surface area (Å²) in [4.78, 5) is 24.9. The zero-order valence-corrected chi connectivity index (χ0v) is 13.7. The maximum absolute atomic E-state index is 12.9. The molecule has 0 amide bonds. The summed E-state index contributed by atoms with van der Waals surface area (Å²) in [6.07, 6.45) is 0.718. The molecule has 6 heteroatoms. The topological polar surface area (TPSA) is 61.2 Å². The predicted octanol–water partition coefficient (Wildman–Crippen LogP) is 3.30. The van der Waals surface area contributed by atoms with E-state index in [0.29, 0.717) is 22.9 Å². The molecule has 0 aliphatic carbocycles. The van der Waals surface area contributed by atoms with Crippen LogP contribution in [0.4, 0.5) is 4.39 Å². The molecule has 0 spiro atoms.